The molecule has 2 aromatic rings. The van der Waals surface area contributed by atoms with Gasteiger partial charge in [0.05, 0.1) is 5.56 Å². The molecule has 5 heteroatoms. The van der Waals surface area contributed by atoms with Gasteiger partial charge in [0.25, 0.3) is 0 Å². The molecule has 19 heavy (non-hydrogen) atoms. The average molecular weight is 274 g/mol. The zero-order valence-electron chi connectivity index (χ0n) is 10.0. The van der Waals surface area contributed by atoms with Crippen molar-refractivity contribution in [3.63, 3.8) is 0 Å². The van der Waals surface area contributed by atoms with Crippen molar-refractivity contribution < 1.29 is 19.7 Å². The smallest absolute Gasteiger partial charge is 0.232 e. The molecule has 0 atom stereocenters. The van der Waals surface area contributed by atoms with Crippen LogP contribution in [0, 0.1) is 6.92 Å². The Morgan fingerprint density at radius 2 is 2.00 bits per heavy atom. The normalized spacial score (nSPS) is 15.6. The molecule has 3 rings (SSSR count). The number of rotatable bonds is 1. The van der Waals surface area contributed by atoms with E-state index in [1.807, 2.05) is 19.1 Å². The van der Waals surface area contributed by atoms with Gasteiger partial charge in [-0.05, 0) is 31.2 Å². The van der Waals surface area contributed by atoms with Crippen LogP contribution in [0.15, 0.2) is 30.0 Å². The number of phenols is 2. The molecule has 0 saturated carbocycles. The summed E-state index contributed by atoms with van der Waals surface area (Å²) < 4.78 is 5.35. The van der Waals surface area contributed by atoms with Crippen molar-refractivity contribution in [2.24, 2.45) is 0 Å². The summed E-state index contributed by atoms with van der Waals surface area (Å²) in [4.78, 5) is 14.1. The van der Waals surface area contributed by atoms with Crippen LogP contribution in [0.1, 0.15) is 20.1 Å². The molecule has 0 fully saturated rings. The Labute approximate surface area is 113 Å². The highest BCUT2D eigenvalue weighted by molar-refractivity contribution is 7.12. The molecule has 0 radical (unpaired) electrons. The molecule has 0 unspecified atom stereocenters. The molecule has 96 valence electrons. The molecule has 0 saturated heterocycles. The lowest BCUT2D eigenvalue weighted by Crippen LogP contribution is -1.97. The average Bonchev–Trinajstić information content (AvgIpc) is 2.91. The zero-order chi connectivity index (χ0) is 13.6. The monoisotopic (exact) mass is 274 g/mol. The fraction of sp³-hybridized carbons (Fsp3) is 0.0714. The minimum atomic E-state index is -0.406. The van der Waals surface area contributed by atoms with Gasteiger partial charge in [-0.2, -0.15) is 0 Å². The number of carbonyl (C=O) groups is 1. The highest BCUT2D eigenvalue weighted by Crippen LogP contribution is 2.44. The van der Waals surface area contributed by atoms with Crippen molar-refractivity contribution in [2.45, 2.75) is 6.92 Å². The maximum Gasteiger partial charge on any atom is 0.232 e. The van der Waals surface area contributed by atoms with E-state index in [1.165, 1.54) is 12.1 Å². The zero-order valence-corrected chi connectivity index (χ0v) is 10.8. The van der Waals surface area contributed by atoms with E-state index >= 15 is 0 Å². The second-order valence-corrected chi connectivity index (χ2v) is 5.52. The van der Waals surface area contributed by atoms with Gasteiger partial charge in [-0.15, -0.1) is 11.3 Å². The molecule has 1 aromatic carbocycles. The number of aryl methyl sites for hydroxylation is 1. The first kappa shape index (κ1) is 11.8. The van der Waals surface area contributed by atoms with Crippen molar-refractivity contribution in [2.75, 3.05) is 0 Å². The van der Waals surface area contributed by atoms with E-state index in [0.717, 1.165) is 9.75 Å². The third-order valence-electron chi connectivity index (χ3n) is 2.83. The summed E-state index contributed by atoms with van der Waals surface area (Å²) >= 11 is 1.54. The Morgan fingerprint density at radius 1 is 1.21 bits per heavy atom. The SMILES string of the molecule is Cc1ccc(/C=C2\Oc3c(ccc(O)c3O)C2=O)s1. The fourth-order valence-corrected chi connectivity index (χ4v) is 2.70. The van der Waals surface area contributed by atoms with Crippen LogP contribution in [-0.2, 0) is 0 Å². The van der Waals surface area contributed by atoms with Crippen molar-refractivity contribution >= 4 is 23.2 Å². The molecule has 1 aliphatic rings. The summed E-state index contributed by atoms with van der Waals surface area (Å²) in [7, 11) is 0. The van der Waals surface area contributed by atoms with Crippen LogP contribution in [0.4, 0.5) is 0 Å². The maximum atomic E-state index is 12.1. The molecule has 0 amide bonds. The minimum Gasteiger partial charge on any atom is -0.504 e. The van der Waals surface area contributed by atoms with Crippen LogP contribution in [0.3, 0.4) is 0 Å². The van der Waals surface area contributed by atoms with Crippen molar-refractivity contribution in [1.29, 1.82) is 0 Å². The number of benzene rings is 1. The summed E-state index contributed by atoms with van der Waals surface area (Å²) in [6, 6.07) is 6.55. The van der Waals surface area contributed by atoms with Gasteiger partial charge in [-0.3, -0.25) is 4.79 Å². The summed E-state index contributed by atoms with van der Waals surface area (Å²) in [6.07, 6.45) is 1.64. The minimum absolute atomic E-state index is 0.0181. The van der Waals surface area contributed by atoms with Gasteiger partial charge in [0.2, 0.25) is 11.5 Å². The van der Waals surface area contributed by atoms with Gasteiger partial charge in [-0.1, -0.05) is 0 Å². The topological polar surface area (TPSA) is 66.8 Å². The van der Waals surface area contributed by atoms with Crippen molar-refractivity contribution in [1.82, 2.24) is 0 Å². The molecule has 1 aromatic heterocycles. The quantitative estimate of drug-likeness (QED) is 0.619. The lowest BCUT2D eigenvalue weighted by molar-refractivity contribution is 0.101. The Bertz CT molecular complexity index is 712. The van der Waals surface area contributed by atoms with E-state index in [1.54, 1.807) is 17.4 Å². The van der Waals surface area contributed by atoms with E-state index in [9.17, 15) is 15.0 Å². The summed E-state index contributed by atoms with van der Waals surface area (Å²) in [5.74, 6) is -0.838. The second-order valence-electron chi connectivity index (χ2n) is 4.20. The molecule has 0 spiro atoms. The van der Waals surface area contributed by atoms with Crippen molar-refractivity contribution in [3.8, 4) is 17.2 Å². The van der Waals surface area contributed by atoms with E-state index in [0.29, 0.717) is 0 Å². The predicted molar refractivity (Wildman–Crippen MR) is 71.8 cm³/mol. The van der Waals surface area contributed by atoms with E-state index in [2.05, 4.69) is 0 Å². The highest BCUT2D eigenvalue weighted by atomic mass is 32.1. The van der Waals surface area contributed by atoms with Crippen LogP contribution < -0.4 is 4.74 Å². The Balaban J connectivity index is 2.04. The number of hydrogen-bond donors (Lipinski definition) is 2. The van der Waals surface area contributed by atoms with Gasteiger partial charge >= 0.3 is 0 Å². The number of allylic oxidation sites excluding steroid dienone is 1. The third-order valence-corrected chi connectivity index (χ3v) is 3.77. The Hall–Kier alpha value is -2.27. The molecular weight excluding hydrogens is 264 g/mol. The first-order valence-electron chi connectivity index (χ1n) is 5.62. The van der Waals surface area contributed by atoms with Crippen LogP contribution in [0.2, 0.25) is 0 Å². The van der Waals surface area contributed by atoms with E-state index in [4.69, 9.17) is 4.74 Å². The number of phenolic OH excluding ortho intramolecular Hbond substituents is 2. The number of ether oxygens (including phenoxy) is 1. The largest absolute Gasteiger partial charge is 0.504 e. The summed E-state index contributed by atoms with van der Waals surface area (Å²) in [5, 5.41) is 19.1. The van der Waals surface area contributed by atoms with Crippen molar-refractivity contribution in [3.05, 3.63) is 45.3 Å². The van der Waals surface area contributed by atoms with Gasteiger partial charge in [0.15, 0.2) is 17.3 Å². The number of fused-ring (bicyclic) bond motifs is 1. The van der Waals surface area contributed by atoms with Gasteiger partial charge in [-0.25, -0.2) is 0 Å². The molecule has 1 aliphatic heterocycles. The first-order chi connectivity index (χ1) is 9.06. The predicted octanol–water partition coefficient (Wildman–Crippen LogP) is 3.08. The lowest BCUT2D eigenvalue weighted by Gasteiger charge is -2.02. The summed E-state index contributed by atoms with van der Waals surface area (Å²) in [6.45, 7) is 1.97. The van der Waals surface area contributed by atoms with Gasteiger partial charge in [0.1, 0.15) is 0 Å². The third kappa shape index (κ3) is 1.88. The molecule has 0 aliphatic carbocycles. The first-order valence-corrected chi connectivity index (χ1v) is 6.43. The molecule has 2 heterocycles. The molecule has 0 bridgehead atoms. The molecule has 4 nitrogen and oxygen atoms in total. The molecule has 2 N–H and O–H groups in total. The fourth-order valence-electron chi connectivity index (χ4n) is 1.89. The van der Waals surface area contributed by atoms with Crippen LogP contribution in [-0.4, -0.2) is 16.0 Å². The second kappa shape index (κ2) is 4.13. The Kier molecular flexibility index (Phi) is 2.57. The Morgan fingerprint density at radius 3 is 2.68 bits per heavy atom. The number of thiophene rings is 1. The number of carbonyl (C=O) groups excluding carboxylic acids is 1. The van der Waals surface area contributed by atoms with Gasteiger partial charge in [0, 0.05) is 15.8 Å². The van der Waals surface area contributed by atoms with Crippen LogP contribution in [0.25, 0.3) is 6.08 Å². The number of hydrogen-bond acceptors (Lipinski definition) is 5. The summed E-state index contributed by atoms with van der Waals surface area (Å²) in [5.41, 5.74) is 0.259. The van der Waals surface area contributed by atoms with E-state index < -0.39 is 5.75 Å². The van der Waals surface area contributed by atoms with Gasteiger partial charge < -0.3 is 14.9 Å². The highest BCUT2D eigenvalue weighted by Gasteiger charge is 2.31. The standard InChI is InChI=1S/C14H10O4S/c1-7-2-3-8(19-7)6-11-12(16)9-4-5-10(15)13(17)14(9)18-11/h2-6,15,17H,1H3/b11-6-. The lowest BCUT2D eigenvalue weighted by atomic mass is 10.1. The van der Waals surface area contributed by atoms with Crippen LogP contribution in [0.5, 0.6) is 17.2 Å². The van der Waals surface area contributed by atoms with Crippen LogP contribution >= 0.6 is 11.3 Å². The number of aromatic hydroxyl groups is 2. The van der Waals surface area contributed by atoms with E-state index in [-0.39, 0.29) is 28.6 Å². The maximum absolute atomic E-state index is 12.1. The number of Topliss-reactive ketones (excluding diaryl/α,β-unsaturated/α-hetero) is 1. The molecular formula is C14H10O4S. The number of ketones is 1.